The smallest absolute Gasteiger partial charge is 1.00 e. The third kappa shape index (κ3) is 369. The molecule has 0 aromatic carbocycles. The van der Waals surface area contributed by atoms with Gasteiger partial charge in [-0.1, -0.05) is 6.58 Å². The van der Waals surface area contributed by atoms with Gasteiger partial charge >= 0.3 is 29.6 Å². The fourth-order valence-electron chi connectivity index (χ4n) is 0. The van der Waals surface area contributed by atoms with Crippen molar-refractivity contribution in [3.8, 4) is 0 Å². The van der Waals surface area contributed by atoms with Crippen LogP contribution in [0.25, 0.3) is 0 Å². The minimum atomic E-state index is 0. The molecule has 0 fully saturated rings. The first-order valence-corrected chi connectivity index (χ1v) is 3.17. The van der Waals surface area contributed by atoms with Crippen LogP contribution in [0.2, 0.25) is 0 Å². The fourth-order valence-corrected chi connectivity index (χ4v) is 0. The van der Waals surface area contributed by atoms with Gasteiger partial charge in [0.1, 0.15) is 0 Å². The quantitative estimate of drug-likeness (QED) is 0.173. The Hall–Kier alpha value is 4.61. The predicted octanol–water partition coefficient (Wildman–Crippen LogP) is -1.01. The van der Waals surface area contributed by atoms with Gasteiger partial charge < -0.3 is 35.8 Å². The molecular weight excluding hydrogens is 686 g/mol. The van der Waals surface area contributed by atoms with Crippen LogP contribution >= 0.6 is 0 Å². The van der Waals surface area contributed by atoms with Crippen LogP contribution in [0.15, 0.2) is 38.2 Å². The van der Waals surface area contributed by atoms with Crippen LogP contribution in [0.5, 0.6) is 0 Å². The monoisotopic (exact) mass is 707 g/mol. The molecule has 11 heteroatoms. The maximum atomic E-state index is 8.93. The molecule has 0 amide bonds. The van der Waals surface area contributed by atoms with Crippen molar-refractivity contribution < 1.29 is 214 Å². The number of aliphatic hydroxyl groups is 1. The Bertz CT molecular complexity index is 156. The summed E-state index contributed by atoms with van der Waals surface area (Å²) in [6.07, 6.45) is 7.28. The Balaban J connectivity index is -0.00000000409. The molecule has 116 valence electrons. The molecule has 23 heavy (non-hydrogen) atoms. The van der Waals surface area contributed by atoms with Gasteiger partial charge in [0.25, 0.3) is 0 Å². The topological polar surface area (TPSA) is 71.4 Å². The molecule has 0 aromatic rings. The third-order valence-electron chi connectivity index (χ3n) is 0.167. The number of allylic oxidation sites excluding steroid dienone is 2. The molecule has 8 radical (unpaired) electrons. The first-order chi connectivity index (χ1) is 6.66. The van der Waals surface area contributed by atoms with Gasteiger partial charge in [-0.15, -0.1) is 0 Å². The van der Waals surface area contributed by atoms with Gasteiger partial charge in [0.2, 0.25) is 0 Å². The number of rotatable bonds is 2. The normalized spacial score (nSPS) is 2.83. The van der Waals surface area contributed by atoms with Crippen molar-refractivity contribution in [2.45, 2.75) is 6.92 Å². The number of hydrogen-bond donors (Lipinski definition) is 1. The maximum absolute atomic E-state index is 8.93. The van der Waals surface area contributed by atoms with E-state index in [0.29, 0.717) is 0 Å². The maximum Gasteiger partial charge on any atom is 1.00 e. The van der Waals surface area contributed by atoms with Crippen LogP contribution in [0, 0.1) is 14.9 Å². The Kier molecular flexibility index (Phi) is 617. The molecule has 0 bridgehead atoms. The molecular formula is C12H20BNaO4Y5-5. The van der Waals surface area contributed by atoms with Gasteiger partial charge in [0.05, 0.1) is 6.26 Å². The van der Waals surface area contributed by atoms with Crippen molar-refractivity contribution in [1.82, 2.24) is 0 Å². The summed E-state index contributed by atoms with van der Waals surface area (Å²) < 4.78 is 0. The Morgan fingerprint density at radius 3 is 0.870 bits per heavy atom. The number of hydrogen-bond acceptors (Lipinski definition) is 4. The summed E-state index contributed by atoms with van der Waals surface area (Å²) in [6.45, 7) is 10.3. The Morgan fingerprint density at radius 1 is 0.826 bits per heavy atom. The standard InChI is InChI=1S/2C3H3O.C2H4O.C2H3O.2CH3.B.Na.5Y.H/c2*1-2-3-4;2*1-2-3;;;;;;;;;;/h2*2H,1H2;2-3H,1H2;1H3;2*1H3;;;;;;;;/q2*-1;;3*-1;;+1;;;;;;-1. The largest absolute Gasteiger partial charge is 1.00 e. The molecule has 0 saturated heterocycles. The van der Waals surface area contributed by atoms with Gasteiger partial charge in [-0.05, 0) is 12.6 Å². The van der Waals surface area contributed by atoms with Crippen molar-refractivity contribution in [2.24, 2.45) is 0 Å². The van der Waals surface area contributed by atoms with Crippen LogP contribution in [0.1, 0.15) is 8.35 Å². The molecule has 0 heterocycles. The third-order valence-corrected chi connectivity index (χ3v) is 0.167. The van der Waals surface area contributed by atoms with E-state index in [9.17, 15) is 0 Å². The van der Waals surface area contributed by atoms with Crippen molar-refractivity contribution in [3.05, 3.63) is 53.0 Å². The molecule has 4 nitrogen and oxygen atoms in total. The van der Waals surface area contributed by atoms with Crippen molar-refractivity contribution in [2.75, 3.05) is 0 Å². The average molecular weight is 707 g/mol. The molecule has 0 atom stereocenters. The zero-order valence-electron chi connectivity index (χ0n) is 15.5. The van der Waals surface area contributed by atoms with Crippen LogP contribution in [0.3, 0.4) is 0 Å². The van der Waals surface area contributed by atoms with E-state index in [1.165, 1.54) is 25.8 Å². The summed E-state index contributed by atoms with van der Waals surface area (Å²) in [7, 11) is 0. The predicted molar refractivity (Wildman–Crippen MR) is 75.7 cm³/mol. The van der Waals surface area contributed by atoms with Crippen molar-refractivity contribution in [1.29, 1.82) is 0 Å². The Labute approximate surface area is 294 Å². The summed E-state index contributed by atoms with van der Waals surface area (Å²) in [5.74, 6) is 0. The Morgan fingerprint density at radius 2 is 0.870 bits per heavy atom. The van der Waals surface area contributed by atoms with E-state index in [2.05, 4.69) is 19.7 Å². The van der Waals surface area contributed by atoms with E-state index >= 15 is 0 Å². The fraction of sp³-hybridized carbons (Fsp3) is 0.0833. The van der Waals surface area contributed by atoms with E-state index in [0.717, 1.165) is 18.4 Å². The van der Waals surface area contributed by atoms with E-state index in [1.54, 1.807) is 0 Å². The van der Waals surface area contributed by atoms with Gasteiger partial charge in [-0.25, -0.2) is 25.3 Å². The molecule has 0 aliphatic carbocycles. The van der Waals surface area contributed by atoms with Gasteiger partial charge in [-0.3, -0.25) is 6.29 Å². The zero-order valence-corrected chi connectivity index (χ0v) is 30.7. The SMILES string of the molecule is C=CO.C=C[C-]=O.C=C[C-]=O.C[C-]=O.[B].[CH3-].[CH3-].[H-].[Na+].[Y].[Y].[Y].[Y].[Y]. The molecule has 0 aliphatic heterocycles. The second-order valence-electron chi connectivity index (χ2n) is 1.03. The second-order valence-corrected chi connectivity index (χ2v) is 1.03. The molecule has 0 rings (SSSR count). The summed E-state index contributed by atoms with van der Waals surface area (Å²) >= 11 is 0. The first kappa shape index (κ1) is 91.6. The van der Waals surface area contributed by atoms with Crippen LogP contribution < -0.4 is 29.6 Å². The zero-order chi connectivity index (χ0) is 12.2. The van der Waals surface area contributed by atoms with E-state index in [4.69, 9.17) is 19.5 Å². The van der Waals surface area contributed by atoms with Crippen LogP contribution in [-0.2, 0) is 178 Å². The summed E-state index contributed by atoms with van der Waals surface area (Å²) in [5.41, 5.74) is 0. The molecule has 0 unspecified atom stereocenters. The summed E-state index contributed by atoms with van der Waals surface area (Å²) in [4.78, 5) is 26.5. The van der Waals surface area contributed by atoms with Crippen molar-refractivity contribution in [3.63, 3.8) is 0 Å². The summed E-state index contributed by atoms with van der Waals surface area (Å²) in [6, 6.07) is 0. The van der Waals surface area contributed by atoms with E-state index in [1.807, 2.05) is 0 Å². The first-order valence-electron chi connectivity index (χ1n) is 3.17. The molecule has 0 saturated carbocycles. The minimum Gasteiger partial charge on any atom is -1.00 e. The average Bonchev–Trinajstić information content (AvgIpc) is 2.20. The molecule has 0 spiro atoms. The number of carbonyl (C=O) groups excluding carboxylic acids is 3. The van der Waals surface area contributed by atoms with Gasteiger partial charge in [0.15, 0.2) is 0 Å². The van der Waals surface area contributed by atoms with Crippen LogP contribution in [-0.4, -0.2) is 32.4 Å². The molecule has 1 N–H and O–H groups in total. The van der Waals surface area contributed by atoms with Gasteiger partial charge in [-0.2, -0.15) is 6.92 Å². The second kappa shape index (κ2) is 155. The van der Waals surface area contributed by atoms with E-state index < -0.39 is 0 Å². The van der Waals surface area contributed by atoms with Crippen molar-refractivity contribution >= 4 is 27.3 Å². The molecule has 0 aliphatic rings. The van der Waals surface area contributed by atoms with E-state index in [-0.39, 0.29) is 218 Å². The summed E-state index contributed by atoms with van der Waals surface area (Å²) in [5, 5.41) is 7.33. The molecule has 0 aromatic heterocycles. The van der Waals surface area contributed by atoms with Crippen LogP contribution in [0.4, 0.5) is 0 Å². The number of aliphatic hydroxyl groups excluding tert-OH is 1. The van der Waals surface area contributed by atoms with Gasteiger partial charge in [0, 0.05) is 172 Å². The minimum absolute atomic E-state index is 0.